The molecule has 130 valence electrons. The molecule has 0 aliphatic rings. The maximum Gasteiger partial charge on any atom is 0.196 e. The molecule has 3 aromatic rings. The fourth-order valence-electron chi connectivity index (χ4n) is 3.04. The van der Waals surface area contributed by atoms with Gasteiger partial charge in [-0.2, -0.15) is 0 Å². The zero-order valence-electron chi connectivity index (χ0n) is 16.0. The number of benzene rings is 2. The van der Waals surface area contributed by atoms with Crippen molar-refractivity contribution in [3.63, 3.8) is 0 Å². The molecule has 0 radical (unpaired) electrons. The normalized spacial score (nSPS) is 11.2. The monoisotopic (exact) mass is 341 g/mol. The Kier molecular flexibility index (Phi) is 4.61. The molecule has 0 saturated carbocycles. The first-order chi connectivity index (χ1) is 12.3. The van der Waals surface area contributed by atoms with Gasteiger partial charge in [-0.3, -0.25) is 9.97 Å². The van der Waals surface area contributed by atoms with Crippen LogP contribution < -0.4 is 0 Å². The topological polar surface area (TPSA) is 30.1 Å². The van der Waals surface area contributed by atoms with E-state index in [0.717, 1.165) is 28.2 Å². The number of nitrogens with zero attached hydrogens (tertiary/aromatic N) is 3. The highest BCUT2D eigenvalue weighted by atomic mass is 14.8. The Morgan fingerprint density at radius 3 is 2.38 bits per heavy atom. The number of aryl methyl sites for hydroxylation is 2. The highest BCUT2D eigenvalue weighted by Gasteiger charge is 2.17. The molecule has 0 unspecified atom stereocenters. The maximum absolute atomic E-state index is 7.35. The molecule has 1 heterocycles. The van der Waals surface area contributed by atoms with Crippen molar-refractivity contribution < 1.29 is 0 Å². The first-order valence-corrected chi connectivity index (χ1v) is 8.72. The van der Waals surface area contributed by atoms with Crippen LogP contribution in [0.25, 0.3) is 27.4 Å². The predicted octanol–water partition coefficient (Wildman–Crippen LogP) is 6.28. The Morgan fingerprint density at radius 2 is 1.73 bits per heavy atom. The van der Waals surface area contributed by atoms with Gasteiger partial charge >= 0.3 is 0 Å². The Balaban J connectivity index is 2.10. The van der Waals surface area contributed by atoms with Crippen molar-refractivity contribution in [3.8, 4) is 22.5 Å². The van der Waals surface area contributed by atoms with E-state index in [1.807, 2.05) is 31.2 Å². The van der Waals surface area contributed by atoms with E-state index in [1.54, 1.807) is 6.20 Å². The number of rotatable bonds is 2. The van der Waals surface area contributed by atoms with Crippen LogP contribution in [0.2, 0.25) is 0 Å². The zero-order valence-corrected chi connectivity index (χ0v) is 16.0. The van der Waals surface area contributed by atoms with E-state index < -0.39 is 0 Å². The van der Waals surface area contributed by atoms with Gasteiger partial charge in [-0.15, -0.1) is 0 Å². The molecule has 1 aromatic heterocycles. The molecule has 2 aromatic carbocycles. The van der Waals surface area contributed by atoms with Gasteiger partial charge in [-0.1, -0.05) is 56.7 Å². The fourth-order valence-corrected chi connectivity index (χ4v) is 3.04. The lowest BCUT2D eigenvalue weighted by Crippen LogP contribution is -2.11. The van der Waals surface area contributed by atoms with Crippen molar-refractivity contribution >= 4 is 5.69 Å². The summed E-state index contributed by atoms with van der Waals surface area (Å²) in [5.74, 6) is 0. The third kappa shape index (κ3) is 3.50. The summed E-state index contributed by atoms with van der Waals surface area (Å²) in [7, 11) is 0. The van der Waals surface area contributed by atoms with Gasteiger partial charge in [0, 0.05) is 11.1 Å². The van der Waals surface area contributed by atoms with Crippen LogP contribution in [0.1, 0.15) is 37.6 Å². The molecule has 0 fully saturated rings. The van der Waals surface area contributed by atoms with Crippen molar-refractivity contribution in [3.05, 3.63) is 76.9 Å². The van der Waals surface area contributed by atoms with Crippen LogP contribution in [-0.4, -0.2) is 9.97 Å². The SMILES string of the molecule is [C-]#[N+]c1ccccc1-c1cnc(-c2cc(C)cc(C(C)(C)C)c2)c(C)n1. The molecule has 3 rings (SSSR count). The van der Waals surface area contributed by atoms with E-state index in [0.29, 0.717) is 5.69 Å². The van der Waals surface area contributed by atoms with E-state index in [9.17, 15) is 0 Å². The largest absolute Gasteiger partial charge is 0.252 e. The molecule has 26 heavy (non-hydrogen) atoms. The second-order valence-corrected chi connectivity index (χ2v) is 7.66. The highest BCUT2D eigenvalue weighted by molar-refractivity contribution is 5.76. The van der Waals surface area contributed by atoms with Gasteiger partial charge in [0.25, 0.3) is 0 Å². The Bertz CT molecular complexity index is 1000. The third-order valence-corrected chi connectivity index (χ3v) is 4.46. The minimum Gasteiger partial charge on any atom is -0.252 e. The molecule has 0 atom stereocenters. The van der Waals surface area contributed by atoms with E-state index in [4.69, 9.17) is 16.5 Å². The van der Waals surface area contributed by atoms with E-state index in [2.05, 4.69) is 50.7 Å². The highest BCUT2D eigenvalue weighted by Crippen LogP contribution is 2.32. The Hall–Kier alpha value is -2.99. The molecule has 3 nitrogen and oxygen atoms in total. The lowest BCUT2D eigenvalue weighted by molar-refractivity contribution is 0.590. The summed E-state index contributed by atoms with van der Waals surface area (Å²) in [6.45, 7) is 18.1. The van der Waals surface area contributed by atoms with Crippen molar-refractivity contribution in [2.75, 3.05) is 0 Å². The zero-order chi connectivity index (χ0) is 18.9. The fraction of sp³-hybridized carbons (Fsp3) is 0.261. The van der Waals surface area contributed by atoms with Crippen LogP contribution in [0.3, 0.4) is 0 Å². The average molecular weight is 341 g/mol. The van der Waals surface area contributed by atoms with Gasteiger partial charge in [0.15, 0.2) is 5.69 Å². The molecular formula is C23H23N3. The molecule has 0 spiro atoms. The van der Waals surface area contributed by atoms with Gasteiger partial charge in [-0.05, 0) is 37.0 Å². The van der Waals surface area contributed by atoms with Crippen LogP contribution in [-0.2, 0) is 5.41 Å². The first-order valence-electron chi connectivity index (χ1n) is 8.72. The molecular weight excluding hydrogens is 318 g/mol. The van der Waals surface area contributed by atoms with Crippen LogP contribution in [0, 0.1) is 20.4 Å². The Morgan fingerprint density at radius 1 is 1.00 bits per heavy atom. The van der Waals surface area contributed by atoms with E-state index in [-0.39, 0.29) is 5.41 Å². The summed E-state index contributed by atoms with van der Waals surface area (Å²) in [5.41, 5.74) is 7.59. The second-order valence-electron chi connectivity index (χ2n) is 7.66. The number of hydrogen-bond donors (Lipinski definition) is 0. The summed E-state index contributed by atoms with van der Waals surface area (Å²) in [5, 5.41) is 0. The summed E-state index contributed by atoms with van der Waals surface area (Å²) in [6, 6.07) is 14.1. The molecule has 0 aliphatic carbocycles. The van der Waals surface area contributed by atoms with E-state index >= 15 is 0 Å². The molecule has 0 N–H and O–H groups in total. The minimum atomic E-state index is 0.0800. The van der Waals surface area contributed by atoms with Gasteiger partial charge in [0.2, 0.25) is 0 Å². The predicted molar refractivity (Wildman–Crippen MR) is 107 cm³/mol. The smallest absolute Gasteiger partial charge is 0.196 e. The van der Waals surface area contributed by atoms with Crippen LogP contribution in [0.5, 0.6) is 0 Å². The lowest BCUT2D eigenvalue weighted by Gasteiger charge is -2.21. The van der Waals surface area contributed by atoms with Gasteiger partial charge in [0.05, 0.1) is 29.9 Å². The van der Waals surface area contributed by atoms with Gasteiger partial charge < -0.3 is 0 Å². The molecule has 0 saturated heterocycles. The van der Waals surface area contributed by atoms with Gasteiger partial charge in [-0.25, -0.2) is 4.85 Å². The second kappa shape index (κ2) is 6.72. The van der Waals surface area contributed by atoms with Crippen LogP contribution in [0.4, 0.5) is 5.69 Å². The number of para-hydroxylation sites is 1. The number of aromatic nitrogens is 2. The molecule has 0 amide bonds. The number of hydrogen-bond acceptors (Lipinski definition) is 2. The quantitative estimate of drug-likeness (QED) is 0.514. The van der Waals surface area contributed by atoms with Gasteiger partial charge in [0.1, 0.15) is 0 Å². The standard InChI is InChI=1S/C23H23N3/c1-15-11-17(13-18(12-15)23(3,4)5)22-16(2)26-21(14-25-22)19-9-7-8-10-20(19)24-6/h7-14H,1-5H3. The van der Waals surface area contributed by atoms with Crippen LogP contribution >= 0.6 is 0 Å². The summed E-state index contributed by atoms with van der Waals surface area (Å²) < 4.78 is 0. The third-order valence-electron chi connectivity index (χ3n) is 4.46. The van der Waals surface area contributed by atoms with E-state index in [1.165, 1.54) is 11.1 Å². The maximum atomic E-state index is 7.35. The average Bonchev–Trinajstić information content (AvgIpc) is 2.60. The Labute approximate surface area is 155 Å². The van der Waals surface area contributed by atoms with Crippen molar-refractivity contribution in [2.45, 2.75) is 40.0 Å². The molecule has 3 heteroatoms. The van der Waals surface area contributed by atoms with Crippen molar-refractivity contribution in [1.29, 1.82) is 0 Å². The van der Waals surface area contributed by atoms with Crippen LogP contribution in [0.15, 0.2) is 48.7 Å². The lowest BCUT2D eigenvalue weighted by atomic mass is 9.84. The summed E-state index contributed by atoms with van der Waals surface area (Å²) >= 11 is 0. The molecule has 0 bridgehead atoms. The summed E-state index contributed by atoms with van der Waals surface area (Å²) in [6.07, 6.45) is 1.77. The first kappa shape index (κ1) is 17.8. The minimum absolute atomic E-state index is 0.0800. The molecule has 0 aliphatic heterocycles. The summed E-state index contributed by atoms with van der Waals surface area (Å²) in [4.78, 5) is 13.0. The van der Waals surface area contributed by atoms with Crippen molar-refractivity contribution in [2.24, 2.45) is 0 Å². The van der Waals surface area contributed by atoms with Crippen molar-refractivity contribution in [1.82, 2.24) is 9.97 Å².